The summed E-state index contributed by atoms with van der Waals surface area (Å²) in [5, 5.41) is 3.01. The number of nitrogens with zero attached hydrogens (tertiary/aromatic N) is 2. The molecule has 1 atom stereocenters. The molecule has 0 saturated carbocycles. The number of hydrogen-bond acceptors (Lipinski definition) is 6. The number of anilines is 1. The Kier molecular flexibility index (Phi) is 12.7. The van der Waals surface area contributed by atoms with Gasteiger partial charge in [-0.2, -0.15) is 0 Å². The van der Waals surface area contributed by atoms with Crippen LogP contribution in [-0.4, -0.2) is 58.5 Å². The fraction of sp³-hybridized carbons (Fsp3) is 0.297. The van der Waals surface area contributed by atoms with Crippen LogP contribution < -0.4 is 19.1 Å². The highest BCUT2D eigenvalue weighted by molar-refractivity contribution is 9.10. The van der Waals surface area contributed by atoms with Crippen molar-refractivity contribution in [2.75, 3.05) is 31.6 Å². The zero-order valence-electron chi connectivity index (χ0n) is 27.9. The molecule has 0 fully saturated rings. The second-order valence-corrected chi connectivity index (χ2v) is 14.6. The van der Waals surface area contributed by atoms with Gasteiger partial charge >= 0.3 is 0 Å². The molecule has 1 unspecified atom stereocenters. The van der Waals surface area contributed by atoms with Gasteiger partial charge in [-0.25, -0.2) is 8.42 Å². The lowest BCUT2D eigenvalue weighted by atomic mass is 10.0. The van der Waals surface area contributed by atoms with E-state index in [1.54, 1.807) is 24.3 Å². The Morgan fingerprint density at radius 2 is 1.48 bits per heavy atom. The molecule has 254 valence electrons. The number of carbonyl (C=O) groups is 2. The van der Waals surface area contributed by atoms with Crippen LogP contribution in [0.25, 0.3) is 0 Å². The van der Waals surface area contributed by atoms with Crippen molar-refractivity contribution >= 4 is 43.5 Å². The standard InChI is InChI=1S/C37H42BrN3O6S/c1-26(2)23-39-37(43)33(21-28-9-7-6-8-10-28)40(24-29-13-15-30(38)16-14-29)36(42)25-41(31-17-11-27(3)12-18-31)48(44,45)32-19-20-34(46-4)35(22-32)47-5/h6-20,22,26,33H,21,23-25H2,1-5H3,(H,39,43). The van der Waals surface area contributed by atoms with E-state index >= 15 is 0 Å². The summed E-state index contributed by atoms with van der Waals surface area (Å²) in [6, 6.07) is 27.2. The zero-order chi connectivity index (χ0) is 34.8. The van der Waals surface area contributed by atoms with E-state index in [0.29, 0.717) is 18.0 Å². The van der Waals surface area contributed by atoms with Crippen LogP contribution in [0, 0.1) is 12.8 Å². The molecule has 0 radical (unpaired) electrons. The molecule has 9 nitrogen and oxygen atoms in total. The molecule has 0 saturated heterocycles. The predicted octanol–water partition coefficient (Wildman–Crippen LogP) is 6.38. The minimum absolute atomic E-state index is 0.0801. The van der Waals surface area contributed by atoms with Crippen LogP contribution >= 0.6 is 15.9 Å². The lowest BCUT2D eigenvalue weighted by Gasteiger charge is -2.34. The summed E-state index contributed by atoms with van der Waals surface area (Å²) in [4.78, 5) is 29.9. The zero-order valence-corrected chi connectivity index (χ0v) is 30.3. The summed E-state index contributed by atoms with van der Waals surface area (Å²) in [7, 11) is -1.43. The molecule has 0 aromatic heterocycles. The Labute approximate surface area is 292 Å². The third kappa shape index (κ3) is 9.38. The molecule has 0 aliphatic heterocycles. The van der Waals surface area contributed by atoms with Crippen LogP contribution in [-0.2, 0) is 32.6 Å². The fourth-order valence-corrected chi connectivity index (χ4v) is 6.80. The highest BCUT2D eigenvalue weighted by Gasteiger charge is 2.35. The van der Waals surface area contributed by atoms with E-state index in [4.69, 9.17) is 9.47 Å². The smallest absolute Gasteiger partial charge is 0.264 e. The number of carbonyl (C=O) groups excluding carboxylic acids is 2. The second kappa shape index (κ2) is 16.7. The molecule has 11 heteroatoms. The number of halogens is 1. The van der Waals surface area contributed by atoms with Gasteiger partial charge in [0.25, 0.3) is 10.0 Å². The number of hydrogen-bond donors (Lipinski definition) is 1. The van der Waals surface area contributed by atoms with Crippen LogP contribution in [0.5, 0.6) is 11.5 Å². The summed E-state index contributed by atoms with van der Waals surface area (Å²) < 4.78 is 41.4. The van der Waals surface area contributed by atoms with E-state index in [-0.39, 0.29) is 35.4 Å². The van der Waals surface area contributed by atoms with E-state index in [9.17, 15) is 18.0 Å². The van der Waals surface area contributed by atoms with Gasteiger partial charge in [-0.15, -0.1) is 0 Å². The van der Waals surface area contributed by atoms with Gasteiger partial charge in [0.15, 0.2) is 11.5 Å². The number of amides is 2. The van der Waals surface area contributed by atoms with Crippen molar-refractivity contribution in [2.45, 2.75) is 44.7 Å². The van der Waals surface area contributed by atoms with Gasteiger partial charge in [0.2, 0.25) is 11.8 Å². The van der Waals surface area contributed by atoms with Crippen LogP contribution in [0.4, 0.5) is 5.69 Å². The van der Waals surface area contributed by atoms with E-state index in [1.807, 2.05) is 75.4 Å². The molecule has 0 aliphatic rings. The van der Waals surface area contributed by atoms with Crippen molar-refractivity contribution in [1.82, 2.24) is 10.2 Å². The van der Waals surface area contributed by atoms with E-state index in [0.717, 1.165) is 25.5 Å². The quantitative estimate of drug-likeness (QED) is 0.152. The van der Waals surface area contributed by atoms with Gasteiger partial charge < -0.3 is 19.7 Å². The fourth-order valence-electron chi connectivity index (χ4n) is 5.11. The van der Waals surface area contributed by atoms with Gasteiger partial charge in [0, 0.05) is 30.0 Å². The topological polar surface area (TPSA) is 105 Å². The number of nitrogens with one attached hydrogen (secondary N) is 1. The molecule has 0 bridgehead atoms. The van der Waals surface area contributed by atoms with Crippen molar-refractivity contribution in [3.63, 3.8) is 0 Å². The van der Waals surface area contributed by atoms with Gasteiger partial charge in [-0.3, -0.25) is 13.9 Å². The van der Waals surface area contributed by atoms with E-state index < -0.39 is 28.5 Å². The monoisotopic (exact) mass is 735 g/mol. The average Bonchev–Trinajstić information content (AvgIpc) is 3.08. The van der Waals surface area contributed by atoms with Crippen molar-refractivity contribution in [2.24, 2.45) is 5.92 Å². The Morgan fingerprint density at radius 1 is 0.833 bits per heavy atom. The summed E-state index contributed by atoms with van der Waals surface area (Å²) in [6.45, 7) is 5.83. The van der Waals surface area contributed by atoms with Crippen molar-refractivity contribution in [3.05, 3.63) is 118 Å². The highest BCUT2D eigenvalue weighted by Crippen LogP contribution is 2.32. The minimum atomic E-state index is -4.31. The lowest BCUT2D eigenvalue weighted by Crippen LogP contribution is -2.53. The Bertz CT molecular complexity index is 1780. The summed E-state index contributed by atoms with van der Waals surface area (Å²) in [5.74, 6) is -0.0712. The van der Waals surface area contributed by atoms with Crippen LogP contribution in [0.3, 0.4) is 0 Å². The van der Waals surface area contributed by atoms with Crippen LogP contribution in [0.1, 0.15) is 30.5 Å². The first-order valence-corrected chi connectivity index (χ1v) is 17.8. The SMILES string of the molecule is COc1ccc(S(=O)(=O)N(CC(=O)N(Cc2ccc(Br)cc2)C(Cc2ccccc2)C(=O)NCC(C)C)c2ccc(C)cc2)cc1OC. The maximum atomic E-state index is 14.6. The minimum Gasteiger partial charge on any atom is -0.493 e. The van der Waals surface area contributed by atoms with Gasteiger partial charge in [-0.05, 0) is 60.4 Å². The van der Waals surface area contributed by atoms with Crippen molar-refractivity contribution < 1.29 is 27.5 Å². The third-order valence-corrected chi connectivity index (χ3v) is 10.1. The number of ether oxygens (including phenoxy) is 2. The normalized spacial score (nSPS) is 11.9. The number of rotatable bonds is 15. The Morgan fingerprint density at radius 3 is 2.08 bits per heavy atom. The van der Waals surface area contributed by atoms with Crippen LogP contribution in [0.15, 0.2) is 106 Å². The molecule has 48 heavy (non-hydrogen) atoms. The molecular formula is C37H42BrN3O6S. The molecule has 2 amide bonds. The third-order valence-electron chi connectivity index (χ3n) is 7.77. The lowest BCUT2D eigenvalue weighted by molar-refractivity contribution is -0.140. The van der Waals surface area contributed by atoms with Crippen molar-refractivity contribution in [1.29, 1.82) is 0 Å². The Balaban J connectivity index is 1.81. The van der Waals surface area contributed by atoms with Crippen LogP contribution in [0.2, 0.25) is 0 Å². The van der Waals surface area contributed by atoms with Crippen molar-refractivity contribution in [3.8, 4) is 11.5 Å². The van der Waals surface area contributed by atoms with Gasteiger partial charge in [0.05, 0.1) is 24.8 Å². The second-order valence-electron chi connectivity index (χ2n) is 11.9. The first-order chi connectivity index (χ1) is 22.9. The summed E-state index contributed by atoms with van der Waals surface area (Å²) >= 11 is 3.46. The first-order valence-electron chi connectivity index (χ1n) is 15.6. The van der Waals surface area contributed by atoms with E-state index in [2.05, 4.69) is 21.2 Å². The molecular weight excluding hydrogens is 694 g/mol. The number of methoxy groups -OCH3 is 2. The largest absolute Gasteiger partial charge is 0.493 e. The molecule has 0 spiro atoms. The maximum Gasteiger partial charge on any atom is 0.264 e. The molecule has 1 N–H and O–H groups in total. The van der Waals surface area contributed by atoms with Gasteiger partial charge in [-0.1, -0.05) is 89.9 Å². The summed E-state index contributed by atoms with van der Waals surface area (Å²) in [5.41, 5.74) is 2.88. The molecule has 0 heterocycles. The average molecular weight is 737 g/mol. The number of benzene rings is 4. The predicted molar refractivity (Wildman–Crippen MR) is 192 cm³/mol. The van der Waals surface area contributed by atoms with E-state index in [1.165, 1.54) is 37.3 Å². The number of sulfonamides is 1. The maximum absolute atomic E-state index is 14.6. The number of aryl methyl sites for hydroxylation is 1. The molecule has 4 aromatic carbocycles. The summed E-state index contributed by atoms with van der Waals surface area (Å²) in [6.07, 6.45) is 0.236. The molecule has 0 aliphatic carbocycles. The Hall–Kier alpha value is -4.35. The first kappa shape index (κ1) is 36.5. The highest BCUT2D eigenvalue weighted by atomic mass is 79.9. The molecule has 4 aromatic rings. The van der Waals surface area contributed by atoms with Gasteiger partial charge in [0.1, 0.15) is 12.6 Å². The molecule has 4 rings (SSSR count).